The summed E-state index contributed by atoms with van der Waals surface area (Å²) >= 11 is 0. The molecule has 1 aromatic carbocycles. The number of halogens is 1. The van der Waals surface area contributed by atoms with Gasteiger partial charge in [0.2, 0.25) is 0 Å². The molecule has 1 heterocycles. The van der Waals surface area contributed by atoms with Crippen molar-refractivity contribution in [2.75, 3.05) is 6.54 Å². The number of benzene rings is 1. The fourth-order valence-corrected chi connectivity index (χ4v) is 2.36. The van der Waals surface area contributed by atoms with Gasteiger partial charge in [-0.2, -0.15) is 0 Å². The summed E-state index contributed by atoms with van der Waals surface area (Å²) in [4.78, 5) is 0. The molecular formula is C14H21FN2. The largest absolute Gasteiger partial charge is 0.314 e. The standard InChI is InChI=1S/C14H21FN2/c1-11(9-14-3-2-8-16-14)17-10-12-4-6-13(15)7-5-12/h4-7,11,14,16-17H,2-3,8-10H2,1H3. The maximum Gasteiger partial charge on any atom is 0.123 e. The molecule has 2 rings (SSSR count). The van der Waals surface area contributed by atoms with Crippen LogP contribution in [-0.4, -0.2) is 18.6 Å². The molecular weight excluding hydrogens is 215 g/mol. The highest BCUT2D eigenvalue weighted by Gasteiger charge is 2.16. The van der Waals surface area contributed by atoms with Crippen molar-refractivity contribution in [3.8, 4) is 0 Å². The molecule has 1 fully saturated rings. The zero-order valence-corrected chi connectivity index (χ0v) is 10.4. The van der Waals surface area contributed by atoms with Gasteiger partial charge in [-0.05, 0) is 50.4 Å². The van der Waals surface area contributed by atoms with Gasteiger partial charge in [-0.15, -0.1) is 0 Å². The van der Waals surface area contributed by atoms with Crippen LogP contribution in [0.3, 0.4) is 0 Å². The van der Waals surface area contributed by atoms with Crippen molar-refractivity contribution in [2.24, 2.45) is 0 Å². The van der Waals surface area contributed by atoms with Gasteiger partial charge in [0.1, 0.15) is 5.82 Å². The molecule has 1 aromatic rings. The van der Waals surface area contributed by atoms with Crippen LogP contribution in [0.25, 0.3) is 0 Å². The van der Waals surface area contributed by atoms with E-state index in [9.17, 15) is 4.39 Å². The molecule has 2 atom stereocenters. The van der Waals surface area contributed by atoms with Crippen molar-refractivity contribution in [1.29, 1.82) is 0 Å². The van der Waals surface area contributed by atoms with E-state index in [1.807, 2.05) is 12.1 Å². The SMILES string of the molecule is CC(CC1CCCN1)NCc1ccc(F)cc1. The van der Waals surface area contributed by atoms with Crippen LogP contribution in [0.5, 0.6) is 0 Å². The summed E-state index contributed by atoms with van der Waals surface area (Å²) in [6, 6.07) is 7.87. The first-order valence-electron chi connectivity index (χ1n) is 6.45. The smallest absolute Gasteiger partial charge is 0.123 e. The van der Waals surface area contributed by atoms with E-state index in [1.165, 1.54) is 31.4 Å². The van der Waals surface area contributed by atoms with Crippen LogP contribution in [-0.2, 0) is 6.54 Å². The van der Waals surface area contributed by atoms with E-state index < -0.39 is 0 Å². The van der Waals surface area contributed by atoms with Crippen LogP contribution in [0.2, 0.25) is 0 Å². The number of nitrogens with one attached hydrogen (secondary N) is 2. The molecule has 2 N–H and O–H groups in total. The minimum absolute atomic E-state index is 0.169. The lowest BCUT2D eigenvalue weighted by molar-refractivity contribution is 0.440. The van der Waals surface area contributed by atoms with Gasteiger partial charge in [-0.3, -0.25) is 0 Å². The summed E-state index contributed by atoms with van der Waals surface area (Å²) in [5.41, 5.74) is 1.14. The van der Waals surface area contributed by atoms with E-state index in [0.29, 0.717) is 12.1 Å². The van der Waals surface area contributed by atoms with E-state index in [4.69, 9.17) is 0 Å². The summed E-state index contributed by atoms with van der Waals surface area (Å²) in [5.74, 6) is -0.169. The first kappa shape index (κ1) is 12.5. The zero-order valence-electron chi connectivity index (χ0n) is 10.4. The highest BCUT2D eigenvalue weighted by atomic mass is 19.1. The molecule has 0 aliphatic carbocycles. The van der Waals surface area contributed by atoms with E-state index in [1.54, 1.807) is 0 Å². The minimum Gasteiger partial charge on any atom is -0.314 e. The van der Waals surface area contributed by atoms with E-state index >= 15 is 0 Å². The van der Waals surface area contributed by atoms with Gasteiger partial charge in [0, 0.05) is 18.6 Å². The summed E-state index contributed by atoms with van der Waals surface area (Å²) in [6.07, 6.45) is 3.76. The van der Waals surface area contributed by atoms with Crippen LogP contribution in [0.15, 0.2) is 24.3 Å². The Morgan fingerprint density at radius 3 is 2.82 bits per heavy atom. The number of hydrogen-bond donors (Lipinski definition) is 2. The highest BCUT2D eigenvalue weighted by molar-refractivity contribution is 5.15. The van der Waals surface area contributed by atoms with Gasteiger partial charge in [0.15, 0.2) is 0 Å². The molecule has 1 saturated heterocycles. The monoisotopic (exact) mass is 236 g/mol. The summed E-state index contributed by atoms with van der Waals surface area (Å²) in [7, 11) is 0. The molecule has 3 heteroatoms. The molecule has 0 saturated carbocycles. The first-order valence-corrected chi connectivity index (χ1v) is 6.45. The van der Waals surface area contributed by atoms with Gasteiger partial charge in [-0.25, -0.2) is 4.39 Å². The lowest BCUT2D eigenvalue weighted by Gasteiger charge is -2.18. The molecule has 2 unspecified atom stereocenters. The lowest BCUT2D eigenvalue weighted by Crippen LogP contribution is -2.33. The predicted octanol–water partition coefficient (Wildman–Crippen LogP) is 2.45. The zero-order chi connectivity index (χ0) is 12.1. The van der Waals surface area contributed by atoms with Crippen molar-refractivity contribution in [1.82, 2.24) is 10.6 Å². The second-order valence-corrected chi connectivity index (χ2v) is 4.94. The van der Waals surface area contributed by atoms with E-state index in [0.717, 1.165) is 18.7 Å². The Balaban J connectivity index is 1.71. The Labute approximate surface area is 103 Å². The fourth-order valence-electron chi connectivity index (χ4n) is 2.36. The molecule has 0 amide bonds. The third kappa shape index (κ3) is 4.10. The Morgan fingerprint density at radius 1 is 1.41 bits per heavy atom. The van der Waals surface area contributed by atoms with Gasteiger partial charge < -0.3 is 10.6 Å². The molecule has 1 aliphatic rings. The average molecular weight is 236 g/mol. The fraction of sp³-hybridized carbons (Fsp3) is 0.571. The number of hydrogen-bond acceptors (Lipinski definition) is 2. The van der Waals surface area contributed by atoms with Gasteiger partial charge in [-0.1, -0.05) is 12.1 Å². The summed E-state index contributed by atoms with van der Waals surface area (Å²) < 4.78 is 12.7. The number of rotatable bonds is 5. The van der Waals surface area contributed by atoms with Crippen LogP contribution >= 0.6 is 0 Å². The summed E-state index contributed by atoms with van der Waals surface area (Å²) in [6.45, 7) is 4.19. The van der Waals surface area contributed by atoms with Gasteiger partial charge in [0.25, 0.3) is 0 Å². The molecule has 2 nitrogen and oxygen atoms in total. The molecule has 0 aromatic heterocycles. The molecule has 1 aliphatic heterocycles. The third-order valence-electron chi connectivity index (χ3n) is 3.37. The maximum atomic E-state index is 12.7. The van der Waals surface area contributed by atoms with E-state index in [2.05, 4.69) is 17.6 Å². The molecule has 0 bridgehead atoms. The molecule has 94 valence electrons. The van der Waals surface area contributed by atoms with E-state index in [-0.39, 0.29) is 5.82 Å². The molecule has 0 spiro atoms. The lowest BCUT2D eigenvalue weighted by atomic mass is 10.1. The topological polar surface area (TPSA) is 24.1 Å². The predicted molar refractivity (Wildman–Crippen MR) is 68.3 cm³/mol. The first-order chi connectivity index (χ1) is 8.24. The van der Waals surface area contributed by atoms with Crippen LogP contribution in [0.4, 0.5) is 4.39 Å². The van der Waals surface area contributed by atoms with Gasteiger partial charge in [0.05, 0.1) is 0 Å². The Kier molecular flexibility index (Phi) is 4.51. The maximum absolute atomic E-state index is 12.7. The van der Waals surface area contributed by atoms with Crippen molar-refractivity contribution in [2.45, 2.75) is 44.8 Å². The second kappa shape index (κ2) is 6.12. The minimum atomic E-state index is -0.169. The average Bonchev–Trinajstić information content (AvgIpc) is 2.81. The van der Waals surface area contributed by atoms with Crippen molar-refractivity contribution >= 4 is 0 Å². The highest BCUT2D eigenvalue weighted by Crippen LogP contribution is 2.11. The molecule has 17 heavy (non-hydrogen) atoms. The quantitative estimate of drug-likeness (QED) is 0.820. The normalized spacial score (nSPS) is 21.6. The van der Waals surface area contributed by atoms with Crippen molar-refractivity contribution < 1.29 is 4.39 Å². The Morgan fingerprint density at radius 2 is 2.18 bits per heavy atom. The molecule has 0 radical (unpaired) electrons. The Hall–Kier alpha value is -0.930. The third-order valence-corrected chi connectivity index (χ3v) is 3.37. The second-order valence-electron chi connectivity index (χ2n) is 4.94. The summed E-state index contributed by atoms with van der Waals surface area (Å²) in [5, 5.41) is 6.99. The van der Waals surface area contributed by atoms with Crippen molar-refractivity contribution in [3.63, 3.8) is 0 Å². The van der Waals surface area contributed by atoms with Crippen LogP contribution < -0.4 is 10.6 Å². The van der Waals surface area contributed by atoms with Crippen LogP contribution in [0, 0.1) is 5.82 Å². The van der Waals surface area contributed by atoms with Gasteiger partial charge >= 0.3 is 0 Å². The van der Waals surface area contributed by atoms with Crippen LogP contribution in [0.1, 0.15) is 31.7 Å². The van der Waals surface area contributed by atoms with Crippen molar-refractivity contribution in [3.05, 3.63) is 35.6 Å². The Bertz CT molecular complexity index is 331.